The standard InChI is InChI=1S/C10H7ClN2O2/c11-7-1-2-8-6(3-7)4-9(15-8)10(14)13-5-12/h1-3,9H,4H2,(H,13,14). The normalized spacial score (nSPS) is 17.5. The number of hydrogen-bond donors (Lipinski definition) is 1. The molecular formula is C10H7ClN2O2. The molecule has 1 amide bonds. The number of nitrogens with one attached hydrogen (secondary N) is 1. The summed E-state index contributed by atoms with van der Waals surface area (Å²) in [6.07, 6.45) is 1.40. The fourth-order valence-electron chi connectivity index (χ4n) is 1.50. The smallest absolute Gasteiger partial charge is 0.274 e. The minimum atomic E-state index is -0.627. The van der Waals surface area contributed by atoms with Crippen molar-refractivity contribution in [3.8, 4) is 11.9 Å². The molecule has 76 valence electrons. The van der Waals surface area contributed by atoms with E-state index in [4.69, 9.17) is 21.6 Å². The summed E-state index contributed by atoms with van der Waals surface area (Å²) in [5.41, 5.74) is 0.889. The van der Waals surface area contributed by atoms with Gasteiger partial charge in [0.1, 0.15) is 5.75 Å². The maximum Gasteiger partial charge on any atom is 0.274 e. The minimum absolute atomic E-state index is 0.426. The van der Waals surface area contributed by atoms with Gasteiger partial charge in [0, 0.05) is 11.4 Å². The Morgan fingerprint density at radius 2 is 2.47 bits per heavy atom. The number of ether oxygens (including phenoxy) is 1. The van der Waals surface area contributed by atoms with E-state index in [1.807, 2.05) is 5.32 Å². The van der Waals surface area contributed by atoms with Gasteiger partial charge < -0.3 is 4.74 Å². The van der Waals surface area contributed by atoms with Gasteiger partial charge in [0.25, 0.3) is 5.91 Å². The summed E-state index contributed by atoms with van der Waals surface area (Å²) >= 11 is 5.80. The van der Waals surface area contributed by atoms with Crippen molar-refractivity contribution in [3.05, 3.63) is 28.8 Å². The molecule has 1 N–H and O–H groups in total. The molecule has 1 aromatic rings. The van der Waals surface area contributed by atoms with Gasteiger partial charge in [-0.05, 0) is 23.8 Å². The summed E-state index contributed by atoms with van der Waals surface area (Å²) in [5.74, 6) is 0.224. The van der Waals surface area contributed by atoms with Crippen LogP contribution in [0.15, 0.2) is 18.2 Å². The molecule has 5 heteroatoms. The zero-order chi connectivity index (χ0) is 10.8. The Kier molecular flexibility index (Phi) is 2.48. The highest BCUT2D eigenvalue weighted by atomic mass is 35.5. The highest BCUT2D eigenvalue weighted by molar-refractivity contribution is 6.30. The van der Waals surface area contributed by atoms with Crippen molar-refractivity contribution in [2.24, 2.45) is 0 Å². The Bertz CT molecular complexity index is 453. The van der Waals surface area contributed by atoms with Crippen LogP contribution in [0, 0.1) is 11.5 Å². The summed E-state index contributed by atoms with van der Waals surface area (Å²) in [5, 5.41) is 11.0. The molecule has 1 unspecified atom stereocenters. The third-order valence-electron chi connectivity index (χ3n) is 2.17. The van der Waals surface area contributed by atoms with Gasteiger partial charge >= 0.3 is 0 Å². The molecule has 0 spiro atoms. The lowest BCUT2D eigenvalue weighted by molar-refractivity contribution is -0.126. The summed E-state index contributed by atoms with van der Waals surface area (Å²) in [4.78, 5) is 11.3. The molecule has 1 aliphatic rings. The second-order valence-corrected chi connectivity index (χ2v) is 3.60. The SMILES string of the molecule is N#CNC(=O)C1Cc2cc(Cl)ccc2O1. The van der Waals surface area contributed by atoms with Gasteiger partial charge in [-0.15, -0.1) is 0 Å². The number of carbonyl (C=O) groups is 1. The van der Waals surface area contributed by atoms with Crippen LogP contribution in [0.25, 0.3) is 0 Å². The lowest BCUT2D eigenvalue weighted by Gasteiger charge is -2.06. The molecule has 0 saturated carbocycles. The lowest BCUT2D eigenvalue weighted by Crippen LogP contribution is -2.34. The second-order valence-electron chi connectivity index (χ2n) is 3.16. The predicted molar refractivity (Wildman–Crippen MR) is 53.3 cm³/mol. The largest absolute Gasteiger partial charge is 0.480 e. The molecule has 1 aromatic carbocycles. The van der Waals surface area contributed by atoms with Crippen LogP contribution in [0.2, 0.25) is 5.02 Å². The number of fused-ring (bicyclic) bond motifs is 1. The van der Waals surface area contributed by atoms with E-state index < -0.39 is 12.0 Å². The van der Waals surface area contributed by atoms with Crippen LogP contribution < -0.4 is 10.1 Å². The molecule has 4 nitrogen and oxygen atoms in total. The number of benzene rings is 1. The Morgan fingerprint density at radius 3 is 3.20 bits per heavy atom. The zero-order valence-electron chi connectivity index (χ0n) is 7.66. The van der Waals surface area contributed by atoms with Crippen LogP contribution in [-0.2, 0) is 11.2 Å². The number of hydrogen-bond acceptors (Lipinski definition) is 3. The molecular weight excluding hydrogens is 216 g/mol. The quantitative estimate of drug-likeness (QED) is 0.575. The molecule has 0 aliphatic carbocycles. The molecule has 0 bridgehead atoms. The highest BCUT2D eigenvalue weighted by Gasteiger charge is 2.28. The molecule has 2 rings (SSSR count). The maximum atomic E-state index is 11.3. The van der Waals surface area contributed by atoms with Gasteiger partial charge in [0.2, 0.25) is 0 Å². The predicted octanol–water partition coefficient (Wildman–Crippen LogP) is 1.24. The highest BCUT2D eigenvalue weighted by Crippen LogP contribution is 2.30. The molecule has 0 radical (unpaired) electrons. The zero-order valence-corrected chi connectivity index (χ0v) is 8.41. The van der Waals surface area contributed by atoms with E-state index in [1.165, 1.54) is 0 Å². The Morgan fingerprint density at radius 1 is 1.67 bits per heavy atom. The van der Waals surface area contributed by atoms with Gasteiger partial charge in [0.15, 0.2) is 12.3 Å². The number of amides is 1. The number of rotatable bonds is 1. The summed E-state index contributed by atoms with van der Waals surface area (Å²) in [6.45, 7) is 0. The molecule has 0 aromatic heterocycles. The van der Waals surface area contributed by atoms with E-state index in [9.17, 15) is 4.79 Å². The van der Waals surface area contributed by atoms with Gasteiger partial charge in [-0.1, -0.05) is 11.6 Å². The maximum absolute atomic E-state index is 11.3. The van der Waals surface area contributed by atoms with Crippen molar-refractivity contribution in [2.45, 2.75) is 12.5 Å². The summed E-state index contributed by atoms with van der Waals surface area (Å²) < 4.78 is 5.35. The first-order valence-corrected chi connectivity index (χ1v) is 4.72. The van der Waals surface area contributed by atoms with Crippen molar-refractivity contribution < 1.29 is 9.53 Å². The van der Waals surface area contributed by atoms with Crippen molar-refractivity contribution >= 4 is 17.5 Å². The molecule has 1 aliphatic heterocycles. The van der Waals surface area contributed by atoms with E-state index in [-0.39, 0.29) is 0 Å². The molecule has 1 atom stereocenters. The first kappa shape index (κ1) is 9.81. The Hall–Kier alpha value is -1.73. The van der Waals surface area contributed by atoms with Gasteiger partial charge in [-0.3, -0.25) is 10.1 Å². The first-order valence-electron chi connectivity index (χ1n) is 4.35. The number of carbonyl (C=O) groups excluding carboxylic acids is 1. The number of nitriles is 1. The van der Waals surface area contributed by atoms with E-state index in [0.29, 0.717) is 17.2 Å². The average molecular weight is 223 g/mol. The second kappa shape index (κ2) is 3.79. The van der Waals surface area contributed by atoms with Crippen LogP contribution in [0.5, 0.6) is 5.75 Å². The van der Waals surface area contributed by atoms with Crippen LogP contribution in [0.4, 0.5) is 0 Å². The van der Waals surface area contributed by atoms with Crippen molar-refractivity contribution in [3.63, 3.8) is 0 Å². The van der Waals surface area contributed by atoms with Crippen LogP contribution in [0.1, 0.15) is 5.56 Å². The number of halogens is 1. The summed E-state index contributed by atoms with van der Waals surface area (Å²) in [6, 6.07) is 5.18. The van der Waals surface area contributed by atoms with Crippen LogP contribution in [0.3, 0.4) is 0 Å². The monoisotopic (exact) mass is 222 g/mol. The Labute approximate surface area is 91.4 Å². The van der Waals surface area contributed by atoms with E-state index in [0.717, 1.165) is 5.56 Å². The van der Waals surface area contributed by atoms with Crippen LogP contribution in [-0.4, -0.2) is 12.0 Å². The van der Waals surface area contributed by atoms with Crippen molar-refractivity contribution in [2.75, 3.05) is 0 Å². The third kappa shape index (κ3) is 1.88. The van der Waals surface area contributed by atoms with Gasteiger partial charge in [-0.2, -0.15) is 5.26 Å². The van der Waals surface area contributed by atoms with E-state index in [1.54, 1.807) is 24.4 Å². The van der Waals surface area contributed by atoms with E-state index in [2.05, 4.69) is 0 Å². The fraction of sp³-hybridized carbons (Fsp3) is 0.200. The average Bonchev–Trinajstić information content (AvgIpc) is 2.60. The third-order valence-corrected chi connectivity index (χ3v) is 2.40. The van der Waals surface area contributed by atoms with Gasteiger partial charge in [-0.25, -0.2) is 0 Å². The lowest BCUT2D eigenvalue weighted by atomic mass is 10.1. The van der Waals surface area contributed by atoms with Crippen LogP contribution >= 0.6 is 11.6 Å². The molecule has 1 heterocycles. The fourth-order valence-corrected chi connectivity index (χ4v) is 1.69. The molecule has 0 saturated heterocycles. The van der Waals surface area contributed by atoms with Crippen molar-refractivity contribution in [1.82, 2.24) is 5.32 Å². The molecule has 0 fully saturated rings. The van der Waals surface area contributed by atoms with Gasteiger partial charge in [0.05, 0.1) is 0 Å². The van der Waals surface area contributed by atoms with Crippen molar-refractivity contribution in [1.29, 1.82) is 5.26 Å². The first-order chi connectivity index (χ1) is 7.20. The molecule has 15 heavy (non-hydrogen) atoms. The number of nitrogens with zero attached hydrogens (tertiary/aromatic N) is 1. The van der Waals surface area contributed by atoms with E-state index >= 15 is 0 Å². The Balaban J connectivity index is 2.16. The summed E-state index contributed by atoms with van der Waals surface area (Å²) in [7, 11) is 0. The minimum Gasteiger partial charge on any atom is -0.480 e. The topological polar surface area (TPSA) is 62.1 Å².